The van der Waals surface area contributed by atoms with Crippen LogP contribution in [0.4, 0.5) is 5.82 Å². The van der Waals surface area contributed by atoms with Crippen molar-refractivity contribution in [3.63, 3.8) is 0 Å². The standard InChI is InChI=1S/C19H17N5O2/c20-18-13-7-11(12-8-21-22-9-12)5-6-14(13)23-19(24-18)17-10-25-15-3-1-2-4-16(15)26-17/h1-4,6-9,11,17H,5,10H2,(H,21,22)(H2,20,23,24). The van der Waals surface area contributed by atoms with Gasteiger partial charge in [-0.2, -0.15) is 5.10 Å². The lowest BCUT2D eigenvalue weighted by atomic mass is 9.94. The van der Waals surface area contributed by atoms with Crippen LogP contribution < -0.4 is 25.8 Å². The van der Waals surface area contributed by atoms with E-state index in [-0.39, 0.29) is 12.0 Å². The molecule has 3 heterocycles. The Morgan fingerprint density at radius 3 is 2.88 bits per heavy atom. The molecule has 0 saturated carbocycles. The van der Waals surface area contributed by atoms with Gasteiger partial charge in [-0.05, 0) is 24.1 Å². The van der Waals surface area contributed by atoms with E-state index in [4.69, 9.17) is 15.2 Å². The highest BCUT2D eigenvalue weighted by Crippen LogP contribution is 2.34. The molecule has 0 amide bonds. The maximum Gasteiger partial charge on any atom is 0.192 e. The molecule has 0 radical (unpaired) electrons. The van der Waals surface area contributed by atoms with E-state index >= 15 is 0 Å². The third kappa shape index (κ3) is 2.48. The number of nitrogens with two attached hydrogens (primary N) is 1. The lowest BCUT2D eigenvalue weighted by Gasteiger charge is -2.25. The number of hydrogen-bond donors (Lipinski definition) is 2. The van der Waals surface area contributed by atoms with E-state index in [0.717, 1.165) is 28.3 Å². The van der Waals surface area contributed by atoms with Crippen LogP contribution in [-0.4, -0.2) is 26.8 Å². The normalized spacial score (nSPS) is 20.6. The molecule has 2 aliphatic rings. The molecule has 0 spiro atoms. The molecule has 7 heteroatoms. The van der Waals surface area contributed by atoms with Crippen LogP contribution in [0, 0.1) is 0 Å². The van der Waals surface area contributed by atoms with Gasteiger partial charge in [-0.3, -0.25) is 5.10 Å². The van der Waals surface area contributed by atoms with Crippen LogP contribution in [0.5, 0.6) is 11.5 Å². The minimum atomic E-state index is -0.377. The summed E-state index contributed by atoms with van der Waals surface area (Å²) in [7, 11) is 0. The molecule has 26 heavy (non-hydrogen) atoms. The molecule has 130 valence electrons. The fraction of sp³-hybridized carbons (Fsp3) is 0.211. The zero-order valence-electron chi connectivity index (χ0n) is 13.9. The monoisotopic (exact) mass is 347 g/mol. The Labute approximate surface area is 149 Å². The number of nitrogens with zero attached hydrogens (tertiary/aromatic N) is 3. The average molecular weight is 347 g/mol. The molecule has 3 aromatic rings. The Kier molecular flexibility index (Phi) is 3.38. The lowest BCUT2D eigenvalue weighted by molar-refractivity contribution is 0.0849. The largest absolute Gasteiger partial charge is 0.485 e. The number of ether oxygens (including phenoxy) is 2. The Balaban J connectivity index is 1.51. The topological polar surface area (TPSA) is 98.9 Å². The van der Waals surface area contributed by atoms with E-state index in [0.29, 0.717) is 24.0 Å². The van der Waals surface area contributed by atoms with E-state index in [1.54, 1.807) is 0 Å². The van der Waals surface area contributed by atoms with Gasteiger partial charge in [0.15, 0.2) is 23.4 Å². The molecule has 5 rings (SSSR count). The highest BCUT2D eigenvalue weighted by atomic mass is 16.6. The van der Waals surface area contributed by atoms with Crippen LogP contribution >= 0.6 is 0 Å². The molecule has 1 aliphatic carbocycles. The molecule has 0 saturated heterocycles. The lowest BCUT2D eigenvalue weighted by Crippen LogP contribution is -2.38. The predicted octanol–water partition coefficient (Wildman–Crippen LogP) is 1.04. The second-order valence-corrected chi connectivity index (χ2v) is 6.37. The molecule has 0 fully saturated rings. The summed E-state index contributed by atoms with van der Waals surface area (Å²) >= 11 is 0. The van der Waals surface area contributed by atoms with Gasteiger partial charge in [0.1, 0.15) is 12.4 Å². The molecule has 2 unspecified atom stereocenters. The van der Waals surface area contributed by atoms with Crippen molar-refractivity contribution >= 4 is 18.0 Å². The first kappa shape index (κ1) is 14.9. The summed E-state index contributed by atoms with van der Waals surface area (Å²) in [6.07, 6.45) is 8.39. The van der Waals surface area contributed by atoms with Crippen LogP contribution in [0.2, 0.25) is 0 Å². The summed E-state index contributed by atoms with van der Waals surface area (Å²) in [5.41, 5.74) is 7.36. The summed E-state index contributed by atoms with van der Waals surface area (Å²) < 4.78 is 11.8. The number of aromatic nitrogens is 4. The first-order chi connectivity index (χ1) is 12.8. The summed E-state index contributed by atoms with van der Waals surface area (Å²) in [6, 6.07) is 7.58. The van der Waals surface area contributed by atoms with E-state index in [1.165, 1.54) is 0 Å². The molecule has 0 bridgehead atoms. The highest BCUT2D eigenvalue weighted by molar-refractivity contribution is 5.52. The number of benzene rings is 1. The van der Waals surface area contributed by atoms with E-state index in [1.807, 2.05) is 36.7 Å². The van der Waals surface area contributed by atoms with Crippen molar-refractivity contribution in [3.05, 3.63) is 58.6 Å². The summed E-state index contributed by atoms with van der Waals surface area (Å²) in [5.74, 6) is 2.65. The number of nitrogen functional groups attached to an aromatic ring is 1. The first-order valence-electron chi connectivity index (χ1n) is 8.50. The van der Waals surface area contributed by atoms with Gasteiger partial charge in [0.2, 0.25) is 0 Å². The highest BCUT2D eigenvalue weighted by Gasteiger charge is 2.25. The summed E-state index contributed by atoms with van der Waals surface area (Å²) in [6.45, 7) is 0.358. The Hall–Kier alpha value is -3.35. The number of aromatic amines is 1. The van der Waals surface area contributed by atoms with Crippen LogP contribution in [0.3, 0.4) is 0 Å². The quantitative estimate of drug-likeness (QED) is 0.719. The van der Waals surface area contributed by atoms with Gasteiger partial charge in [-0.15, -0.1) is 0 Å². The predicted molar refractivity (Wildman–Crippen MR) is 95.9 cm³/mol. The zero-order valence-corrected chi connectivity index (χ0v) is 13.9. The number of fused-ring (bicyclic) bond motifs is 2. The van der Waals surface area contributed by atoms with Crippen molar-refractivity contribution in [1.82, 2.24) is 20.2 Å². The minimum Gasteiger partial charge on any atom is -0.485 e. The molecule has 1 aromatic carbocycles. The Bertz CT molecular complexity index is 1080. The number of para-hydroxylation sites is 2. The number of rotatable bonds is 2. The van der Waals surface area contributed by atoms with Crippen molar-refractivity contribution in [2.75, 3.05) is 12.3 Å². The van der Waals surface area contributed by atoms with E-state index in [9.17, 15) is 0 Å². The minimum absolute atomic E-state index is 0.221. The first-order valence-corrected chi connectivity index (χ1v) is 8.50. The maximum absolute atomic E-state index is 6.24. The van der Waals surface area contributed by atoms with Crippen molar-refractivity contribution < 1.29 is 9.47 Å². The maximum atomic E-state index is 6.24. The summed E-state index contributed by atoms with van der Waals surface area (Å²) in [5, 5.41) is 8.57. The second-order valence-electron chi connectivity index (χ2n) is 6.37. The van der Waals surface area contributed by atoms with Gasteiger partial charge in [0.25, 0.3) is 0 Å². The number of hydrogen-bond acceptors (Lipinski definition) is 6. The third-order valence-corrected chi connectivity index (χ3v) is 4.70. The molecule has 7 nitrogen and oxygen atoms in total. The zero-order chi connectivity index (χ0) is 17.5. The van der Waals surface area contributed by atoms with Gasteiger partial charge in [-0.25, -0.2) is 9.97 Å². The smallest absolute Gasteiger partial charge is 0.192 e. The molecule has 2 atom stereocenters. The third-order valence-electron chi connectivity index (χ3n) is 4.70. The fourth-order valence-electron chi connectivity index (χ4n) is 3.34. The van der Waals surface area contributed by atoms with Crippen LogP contribution in [0.15, 0.2) is 36.7 Å². The molecule has 3 N–H and O–H groups in total. The molecule has 1 aliphatic heterocycles. The molecular weight excluding hydrogens is 330 g/mol. The van der Waals surface area contributed by atoms with Crippen molar-refractivity contribution in [2.24, 2.45) is 0 Å². The van der Waals surface area contributed by atoms with Crippen molar-refractivity contribution in [1.29, 1.82) is 0 Å². The summed E-state index contributed by atoms with van der Waals surface area (Å²) in [4.78, 5) is 9.17. The number of nitrogens with one attached hydrogen (secondary N) is 1. The Morgan fingerprint density at radius 2 is 2.04 bits per heavy atom. The molecular formula is C19H17N5O2. The van der Waals surface area contributed by atoms with Gasteiger partial charge in [0, 0.05) is 17.3 Å². The number of anilines is 1. The van der Waals surface area contributed by atoms with Gasteiger partial charge >= 0.3 is 0 Å². The van der Waals surface area contributed by atoms with Crippen LogP contribution in [0.1, 0.15) is 29.8 Å². The SMILES string of the molecule is Nc1nc(C2COc3ccccc3O2)nc2c1=CC(c1cn[nH]c1)CC=2. The van der Waals surface area contributed by atoms with Crippen LogP contribution in [-0.2, 0) is 0 Å². The van der Waals surface area contributed by atoms with Crippen molar-refractivity contribution in [3.8, 4) is 11.5 Å². The van der Waals surface area contributed by atoms with E-state index < -0.39 is 0 Å². The number of H-pyrrole nitrogens is 1. The fourth-order valence-corrected chi connectivity index (χ4v) is 3.34. The van der Waals surface area contributed by atoms with Gasteiger partial charge < -0.3 is 15.2 Å². The molecule has 2 aromatic heterocycles. The second kappa shape index (κ2) is 5.87. The van der Waals surface area contributed by atoms with Crippen molar-refractivity contribution in [2.45, 2.75) is 18.4 Å². The van der Waals surface area contributed by atoms with Gasteiger partial charge in [0.05, 0.1) is 11.5 Å². The van der Waals surface area contributed by atoms with Gasteiger partial charge in [-0.1, -0.05) is 24.3 Å². The average Bonchev–Trinajstić information content (AvgIpc) is 3.22. The Morgan fingerprint density at radius 1 is 1.15 bits per heavy atom. The van der Waals surface area contributed by atoms with E-state index in [2.05, 4.69) is 32.3 Å². The van der Waals surface area contributed by atoms with Crippen LogP contribution in [0.25, 0.3) is 12.2 Å².